The summed E-state index contributed by atoms with van der Waals surface area (Å²) in [6.07, 6.45) is 0.0425. The summed E-state index contributed by atoms with van der Waals surface area (Å²) in [5.74, 6) is -1.55. The fourth-order valence-corrected chi connectivity index (χ4v) is 4.06. The van der Waals surface area contributed by atoms with Gasteiger partial charge in [-0.25, -0.2) is 14.2 Å². The molecule has 0 aliphatic rings. The number of fused-ring (bicyclic) bond motifs is 1. The fraction of sp³-hybridized carbons (Fsp3) is 0.304. The molecule has 0 aliphatic carbocycles. The van der Waals surface area contributed by atoms with Gasteiger partial charge in [0.1, 0.15) is 0 Å². The van der Waals surface area contributed by atoms with Crippen LogP contribution in [-0.4, -0.2) is 32.8 Å². The molecule has 0 amide bonds. The first-order valence-electron chi connectivity index (χ1n) is 10.1. The van der Waals surface area contributed by atoms with Crippen LogP contribution in [-0.2, 0) is 16.1 Å². The Labute approximate surface area is 188 Å². The van der Waals surface area contributed by atoms with Crippen molar-refractivity contribution in [1.82, 2.24) is 9.13 Å². The van der Waals surface area contributed by atoms with Gasteiger partial charge in [0, 0.05) is 13.0 Å². The summed E-state index contributed by atoms with van der Waals surface area (Å²) in [4.78, 5) is 50.5. The van der Waals surface area contributed by atoms with Crippen molar-refractivity contribution in [3.8, 4) is 5.69 Å². The van der Waals surface area contributed by atoms with E-state index in [9.17, 15) is 19.2 Å². The highest BCUT2D eigenvalue weighted by Gasteiger charge is 2.23. The predicted molar refractivity (Wildman–Crippen MR) is 121 cm³/mol. The van der Waals surface area contributed by atoms with Crippen molar-refractivity contribution in [2.75, 3.05) is 6.61 Å². The molecule has 3 aromatic rings. The average molecular weight is 459 g/mol. The van der Waals surface area contributed by atoms with Crippen molar-refractivity contribution in [3.05, 3.63) is 72.9 Å². The SMILES string of the molecule is CCOC(=O)c1c(C)cc2c(c1C)c(=O)n(-c1ccccc1Cl)c(=O)n2CCCC(=O)O. The molecule has 0 saturated heterocycles. The molecule has 1 aromatic heterocycles. The van der Waals surface area contributed by atoms with Gasteiger partial charge in [0.25, 0.3) is 5.56 Å². The number of nitrogens with zero attached hydrogens (tertiary/aromatic N) is 2. The number of aryl methyl sites for hydroxylation is 3. The van der Waals surface area contributed by atoms with Crippen molar-refractivity contribution in [1.29, 1.82) is 0 Å². The van der Waals surface area contributed by atoms with Gasteiger partial charge >= 0.3 is 17.6 Å². The monoisotopic (exact) mass is 458 g/mol. The number of carbonyl (C=O) groups is 2. The molecule has 0 saturated carbocycles. The Morgan fingerprint density at radius 3 is 2.47 bits per heavy atom. The number of carbonyl (C=O) groups excluding carboxylic acids is 1. The Kier molecular flexibility index (Phi) is 6.84. The summed E-state index contributed by atoms with van der Waals surface area (Å²) in [7, 11) is 0. The third kappa shape index (κ3) is 4.18. The molecule has 9 heteroatoms. The van der Waals surface area contributed by atoms with Gasteiger partial charge < -0.3 is 9.84 Å². The molecule has 0 radical (unpaired) electrons. The highest BCUT2D eigenvalue weighted by molar-refractivity contribution is 6.32. The maximum absolute atomic E-state index is 13.5. The normalized spacial score (nSPS) is 11.0. The number of aromatic nitrogens is 2. The lowest BCUT2D eigenvalue weighted by Gasteiger charge is -2.18. The van der Waals surface area contributed by atoms with Crippen molar-refractivity contribution in [2.45, 2.75) is 40.2 Å². The standard InChI is InChI=1S/C23H23ClN2O6/c1-4-32-22(30)19-13(2)12-17-20(14(19)3)21(29)26(16-9-6-5-8-15(16)24)23(31)25(17)11-7-10-18(27)28/h5-6,8-9,12H,4,7,10-11H2,1-3H3,(H,27,28). The van der Waals surface area contributed by atoms with Gasteiger partial charge in [-0.05, 0) is 56.5 Å². The number of rotatable bonds is 7. The van der Waals surface area contributed by atoms with Crippen LogP contribution in [0.5, 0.6) is 0 Å². The third-order valence-corrected chi connectivity index (χ3v) is 5.55. The van der Waals surface area contributed by atoms with E-state index in [0.29, 0.717) is 16.6 Å². The van der Waals surface area contributed by atoms with Crippen molar-refractivity contribution < 1.29 is 19.4 Å². The Bertz CT molecular complexity index is 1340. The molecule has 0 fully saturated rings. The zero-order valence-corrected chi connectivity index (χ0v) is 18.7. The van der Waals surface area contributed by atoms with E-state index < -0.39 is 23.2 Å². The van der Waals surface area contributed by atoms with Crippen LogP contribution in [0.4, 0.5) is 0 Å². The summed E-state index contributed by atoms with van der Waals surface area (Å²) in [5.41, 5.74) is 0.482. The largest absolute Gasteiger partial charge is 0.481 e. The lowest BCUT2D eigenvalue weighted by molar-refractivity contribution is -0.137. The first kappa shape index (κ1) is 23.3. The number of halogens is 1. The number of aliphatic carboxylic acids is 1. The summed E-state index contributed by atoms with van der Waals surface area (Å²) in [6, 6.07) is 8.03. The molecule has 168 valence electrons. The number of carboxylic acid groups (broad SMARTS) is 1. The number of hydrogen-bond donors (Lipinski definition) is 1. The van der Waals surface area contributed by atoms with E-state index in [1.165, 1.54) is 4.57 Å². The van der Waals surface area contributed by atoms with Crippen LogP contribution < -0.4 is 11.2 Å². The van der Waals surface area contributed by atoms with E-state index in [2.05, 4.69) is 0 Å². The molecule has 0 bridgehead atoms. The van der Waals surface area contributed by atoms with E-state index >= 15 is 0 Å². The zero-order valence-electron chi connectivity index (χ0n) is 18.0. The molecule has 32 heavy (non-hydrogen) atoms. The molecule has 2 aromatic carbocycles. The van der Waals surface area contributed by atoms with Crippen LogP contribution in [0.3, 0.4) is 0 Å². The molecule has 3 rings (SSSR count). The summed E-state index contributed by atoms with van der Waals surface area (Å²) < 4.78 is 7.47. The minimum Gasteiger partial charge on any atom is -0.481 e. The lowest BCUT2D eigenvalue weighted by atomic mass is 9.98. The summed E-state index contributed by atoms with van der Waals surface area (Å²) in [5, 5.41) is 9.39. The van der Waals surface area contributed by atoms with Gasteiger partial charge in [-0.15, -0.1) is 0 Å². The second-order valence-electron chi connectivity index (χ2n) is 7.33. The Balaban J connectivity index is 2.43. The fourth-order valence-electron chi connectivity index (χ4n) is 3.83. The van der Waals surface area contributed by atoms with Gasteiger partial charge in [0.2, 0.25) is 0 Å². The van der Waals surface area contributed by atoms with Crippen molar-refractivity contribution in [2.24, 2.45) is 0 Å². The summed E-state index contributed by atoms with van der Waals surface area (Å²) in [6.45, 7) is 5.27. The predicted octanol–water partition coefficient (Wildman–Crippen LogP) is 3.46. The highest BCUT2D eigenvalue weighted by Crippen LogP contribution is 2.25. The van der Waals surface area contributed by atoms with Crippen LogP contribution in [0.25, 0.3) is 16.6 Å². The number of hydrogen-bond acceptors (Lipinski definition) is 5. The molecule has 1 heterocycles. The lowest BCUT2D eigenvalue weighted by Crippen LogP contribution is -2.40. The van der Waals surface area contributed by atoms with Crippen LogP contribution in [0, 0.1) is 13.8 Å². The van der Waals surface area contributed by atoms with Gasteiger partial charge in [0.15, 0.2) is 0 Å². The van der Waals surface area contributed by atoms with E-state index in [-0.39, 0.29) is 47.7 Å². The molecule has 0 aliphatic heterocycles. The quantitative estimate of drug-likeness (QED) is 0.543. The number of benzene rings is 2. The Morgan fingerprint density at radius 2 is 1.84 bits per heavy atom. The molecule has 0 atom stereocenters. The Morgan fingerprint density at radius 1 is 1.16 bits per heavy atom. The minimum atomic E-state index is -0.987. The van der Waals surface area contributed by atoms with Gasteiger partial charge in [-0.2, -0.15) is 0 Å². The van der Waals surface area contributed by atoms with Crippen LogP contribution in [0.2, 0.25) is 5.02 Å². The number of para-hydroxylation sites is 1. The Hall–Kier alpha value is -3.39. The smallest absolute Gasteiger partial charge is 0.338 e. The maximum atomic E-state index is 13.5. The van der Waals surface area contributed by atoms with Gasteiger partial charge in [-0.1, -0.05) is 23.7 Å². The molecule has 8 nitrogen and oxygen atoms in total. The molecule has 0 unspecified atom stereocenters. The van der Waals surface area contributed by atoms with E-state index in [1.54, 1.807) is 51.1 Å². The second-order valence-corrected chi connectivity index (χ2v) is 7.74. The van der Waals surface area contributed by atoms with Gasteiger partial charge in [-0.3, -0.25) is 14.2 Å². The van der Waals surface area contributed by atoms with Crippen LogP contribution in [0.1, 0.15) is 41.3 Å². The minimum absolute atomic E-state index is 0.0734. The van der Waals surface area contributed by atoms with Crippen molar-refractivity contribution in [3.63, 3.8) is 0 Å². The molecule has 0 spiro atoms. The number of esters is 1. The molecular weight excluding hydrogens is 436 g/mol. The van der Waals surface area contributed by atoms with Crippen molar-refractivity contribution >= 4 is 34.4 Å². The third-order valence-electron chi connectivity index (χ3n) is 5.23. The number of carboxylic acids is 1. The average Bonchev–Trinajstić information content (AvgIpc) is 2.71. The first-order valence-corrected chi connectivity index (χ1v) is 10.5. The van der Waals surface area contributed by atoms with Gasteiger partial charge in [0.05, 0.1) is 33.8 Å². The maximum Gasteiger partial charge on any atom is 0.338 e. The number of ether oxygens (including phenoxy) is 1. The van der Waals surface area contributed by atoms with E-state index in [1.807, 2.05) is 0 Å². The van der Waals surface area contributed by atoms with E-state index in [0.717, 1.165) is 4.57 Å². The first-order chi connectivity index (χ1) is 15.2. The second kappa shape index (κ2) is 9.40. The zero-order chi connectivity index (χ0) is 23.6. The van der Waals surface area contributed by atoms with E-state index in [4.69, 9.17) is 21.4 Å². The topological polar surface area (TPSA) is 108 Å². The molecular formula is C23H23ClN2O6. The highest BCUT2D eigenvalue weighted by atomic mass is 35.5. The van der Waals surface area contributed by atoms with Crippen LogP contribution >= 0.6 is 11.6 Å². The summed E-state index contributed by atoms with van der Waals surface area (Å²) >= 11 is 6.28. The molecule has 1 N–H and O–H groups in total. The van der Waals surface area contributed by atoms with Crippen LogP contribution in [0.15, 0.2) is 39.9 Å².